The number of carboxylic acid groups (broad SMARTS) is 1. The summed E-state index contributed by atoms with van der Waals surface area (Å²) >= 11 is 0. The van der Waals surface area contributed by atoms with Crippen LogP contribution in [0.15, 0.2) is 18.2 Å². The van der Waals surface area contributed by atoms with E-state index < -0.39 is 5.97 Å². The van der Waals surface area contributed by atoms with Crippen LogP contribution < -0.4 is 10.1 Å². The second-order valence-electron chi connectivity index (χ2n) is 6.94. The lowest BCUT2D eigenvalue weighted by Crippen LogP contribution is -2.40. The minimum atomic E-state index is -1.10. The van der Waals surface area contributed by atoms with Crippen LogP contribution in [0.3, 0.4) is 0 Å². The van der Waals surface area contributed by atoms with Crippen LogP contribution in [0.1, 0.15) is 59.2 Å². The summed E-state index contributed by atoms with van der Waals surface area (Å²) < 4.78 is 5.19. The maximum Gasteiger partial charge on any atom is 0.339 e. The van der Waals surface area contributed by atoms with Gasteiger partial charge in [0.1, 0.15) is 11.3 Å². The van der Waals surface area contributed by atoms with Gasteiger partial charge in [-0.1, -0.05) is 25.3 Å². The van der Waals surface area contributed by atoms with Crippen LogP contribution in [0.5, 0.6) is 5.75 Å². The Bertz CT molecular complexity index is 640. The molecule has 6 nitrogen and oxygen atoms in total. The molecule has 2 fully saturated rings. The van der Waals surface area contributed by atoms with Gasteiger partial charge in [-0.15, -0.1) is 0 Å². The Hall–Kier alpha value is -2.08. The Morgan fingerprint density at radius 2 is 1.88 bits per heavy atom. The highest BCUT2D eigenvalue weighted by atomic mass is 16.5. The summed E-state index contributed by atoms with van der Waals surface area (Å²) in [5.74, 6) is -1.25. The summed E-state index contributed by atoms with van der Waals surface area (Å²) in [6.07, 6.45) is 7.40. The SMILES string of the molecule is COc1c(C(=O)O)cccc1C(=O)NC1CCN(C2CCCCC2)C1. The maximum atomic E-state index is 12.6. The van der Waals surface area contributed by atoms with E-state index in [4.69, 9.17) is 4.74 Å². The number of carboxylic acids is 1. The van der Waals surface area contributed by atoms with Gasteiger partial charge in [0.25, 0.3) is 5.91 Å². The van der Waals surface area contributed by atoms with Gasteiger partial charge in [-0.05, 0) is 31.4 Å². The quantitative estimate of drug-likeness (QED) is 0.856. The molecule has 0 radical (unpaired) electrons. The molecule has 1 saturated heterocycles. The number of nitrogens with one attached hydrogen (secondary N) is 1. The zero-order valence-electron chi connectivity index (χ0n) is 14.7. The zero-order valence-corrected chi connectivity index (χ0v) is 14.7. The number of ether oxygens (including phenoxy) is 1. The van der Waals surface area contributed by atoms with Crippen molar-refractivity contribution in [1.82, 2.24) is 10.2 Å². The minimum Gasteiger partial charge on any atom is -0.495 e. The second kappa shape index (κ2) is 7.87. The largest absolute Gasteiger partial charge is 0.495 e. The summed E-state index contributed by atoms with van der Waals surface area (Å²) in [4.78, 5) is 26.4. The van der Waals surface area contributed by atoms with Crippen LogP contribution in [-0.2, 0) is 0 Å². The average molecular weight is 346 g/mol. The lowest BCUT2D eigenvalue weighted by Gasteiger charge is -2.31. The van der Waals surface area contributed by atoms with Gasteiger partial charge in [0.2, 0.25) is 0 Å². The number of rotatable bonds is 5. The molecule has 1 aliphatic heterocycles. The molecule has 6 heteroatoms. The first-order chi connectivity index (χ1) is 12.1. The number of likely N-dealkylation sites (tertiary alicyclic amines) is 1. The fourth-order valence-corrected chi connectivity index (χ4v) is 4.05. The molecular weight excluding hydrogens is 320 g/mol. The number of aromatic carboxylic acids is 1. The number of para-hydroxylation sites is 1. The summed E-state index contributed by atoms with van der Waals surface area (Å²) in [5.41, 5.74) is 0.281. The molecule has 136 valence electrons. The van der Waals surface area contributed by atoms with Crippen molar-refractivity contribution < 1.29 is 19.4 Å². The normalized spacial score (nSPS) is 21.9. The van der Waals surface area contributed by atoms with E-state index in [1.165, 1.54) is 45.3 Å². The first-order valence-electron chi connectivity index (χ1n) is 9.05. The van der Waals surface area contributed by atoms with Crippen LogP contribution >= 0.6 is 0 Å². The van der Waals surface area contributed by atoms with Crippen LogP contribution in [-0.4, -0.2) is 54.2 Å². The fourth-order valence-electron chi connectivity index (χ4n) is 4.05. The molecule has 0 bridgehead atoms. The molecule has 1 saturated carbocycles. The van der Waals surface area contributed by atoms with Crippen LogP contribution in [0.25, 0.3) is 0 Å². The molecule has 1 aromatic rings. The molecule has 2 N–H and O–H groups in total. The van der Waals surface area contributed by atoms with Crippen molar-refractivity contribution in [2.45, 2.75) is 50.6 Å². The summed E-state index contributed by atoms with van der Waals surface area (Å²) in [6.45, 7) is 1.89. The highest BCUT2D eigenvalue weighted by Gasteiger charge is 2.30. The van der Waals surface area contributed by atoms with E-state index in [9.17, 15) is 14.7 Å². The van der Waals surface area contributed by atoms with Gasteiger partial charge >= 0.3 is 5.97 Å². The van der Waals surface area contributed by atoms with Crippen molar-refractivity contribution in [2.75, 3.05) is 20.2 Å². The average Bonchev–Trinajstić information content (AvgIpc) is 3.10. The Labute approximate surface area is 148 Å². The predicted molar refractivity (Wildman–Crippen MR) is 94.3 cm³/mol. The number of carbonyl (C=O) groups excluding carboxylic acids is 1. The van der Waals surface area contributed by atoms with E-state index in [1.807, 2.05) is 0 Å². The molecule has 1 amide bonds. The van der Waals surface area contributed by atoms with Gasteiger partial charge in [-0.2, -0.15) is 0 Å². The van der Waals surface area contributed by atoms with E-state index in [0.717, 1.165) is 19.5 Å². The first kappa shape index (κ1) is 17.7. The van der Waals surface area contributed by atoms with Gasteiger partial charge in [0.15, 0.2) is 0 Å². The van der Waals surface area contributed by atoms with Crippen molar-refractivity contribution in [2.24, 2.45) is 0 Å². The lowest BCUT2D eigenvalue weighted by molar-refractivity contribution is 0.0693. The predicted octanol–water partition coefficient (Wildman–Crippen LogP) is 2.53. The highest BCUT2D eigenvalue weighted by Crippen LogP contribution is 2.27. The third-order valence-corrected chi connectivity index (χ3v) is 5.34. The Balaban J connectivity index is 1.65. The Morgan fingerprint density at radius 3 is 2.56 bits per heavy atom. The molecule has 1 unspecified atom stereocenters. The molecule has 1 aromatic carbocycles. The summed E-state index contributed by atoms with van der Waals surface area (Å²) in [7, 11) is 1.39. The molecule has 3 rings (SSSR count). The van der Waals surface area contributed by atoms with Crippen LogP contribution in [0.2, 0.25) is 0 Å². The smallest absolute Gasteiger partial charge is 0.339 e. The molecule has 1 heterocycles. The number of hydrogen-bond donors (Lipinski definition) is 2. The molecule has 0 aromatic heterocycles. The number of hydrogen-bond acceptors (Lipinski definition) is 4. The second-order valence-corrected chi connectivity index (χ2v) is 6.94. The molecule has 2 aliphatic rings. The summed E-state index contributed by atoms with van der Waals surface area (Å²) in [5, 5.41) is 12.3. The Kier molecular flexibility index (Phi) is 5.58. The van der Waals surface area contributed by atoms with Crippen molar-refractivity contribution in [3.8, 4) is 5.75 Å². The Morgan fingerprint density at radius 1 is 1.16 bits per heavy atom. The maximum absolute atomic E-state index is 12.6. The van der Waals surface area contributed by atoms with Crippen LogP contribution in [0.4, 0.5) is 0 Å². The molecule has 1 atom stereocenters. The van der Waals surface area contributed by atoms with Gasteiger partial charge < -0.3 is 15.2 Å². The molecule has 1 aliphatic carbocycles. The van der Waals surface area contributed by atoms with Gasteiger partial charge in [0, 0.05) is 25.2 Å². The van der Waals surface area contributed by atoms with Crippen molar-refractivity contribution in [1.29, 1.82) is 0 Å². The number of amides is 1. The molecule has 0 spiro atoms. The van der Waals surface area contributed by atoms with E-state index in [0.29, 0.717) is 6.04 Å². The van der Waals surface area contributed by atoms with E-state index in [-0.39, 0.29) is 28.8 Å². The highest BCUT2D eigenvalue weighted by molar-refractivity contribution is 6.02. The summed E-state index contributed by atoms with van der Waals surface area (Å²) in [6, 6.07) is 5.38. The van der Waals surface area contributed by atoms with Gasteiger partial charge in [0.05, 0.1) is 12.7 Å². The van der Waals surface area contributed by atoms with E-state index >= 15 is 0 Å². The first-order valence-corrected chi connectivity index (χ1v) is 9.05. The zero-order chi connectivity index (χ0) is 17.8. The monoisotopic (exact) mass is 346 g/mol. The topological polar surface area (TPSA) is 78.9 Å². The lowest BCUT2D eigenvalue weighted by atomic mass is 9.94. The minimum absolute atomic E-state index is 0.00500. The van der Waals surface area contributed by atoms with Crippen LogP contribution in [0, 0.1) is 0 Å². The standard InChI is InChI=1S/C19H26N2O4/c1-25-17-15(8-5-9-16(17)19(23)24)18(22)20-13-10-11-21(12-13)14-6-3-2-4-7-14/h5,8-9,13-14H,2-4,6-7,10-12H2,1H3,(H,20,22)(H,23,24). The third-order valence-electron chi connectivity index (χ3n) is 5.34. The molecule has 25 heavy (non-hydrogen) atoms. The fraction of sp³-hybridized carbons (Fsp3) is 0.579. The number of benzene rings is 1. The van der Waals surface area contributed by atoms with E-state index in [2.05, 4.69) is 10.2 Å². The van der Waals surface area contributed by atoms with Crippen molar-refractivity contribution >= 4 is 11.9 Å². The van der Waals surface area contributed by atoms with E-state index in [1.54, 1.807) is 12.1 Å². The number of methoxy groups -OCH3 is 1. The van der Waals surface area contributed by atoms with Crippen molar-refractivity contribution in [3.63, 3.8) is 0 Å². The molecular formula is C19H26N2O4. The number of carbonyl (C=O) groups is 2. The number of nitrogens with zero attached hydrogens (tertiary/aromatic N) is 1. The van der Waals surface area contributed by atoms with Gasteiger partial charge in [-0.3, -0.25) is 9.69 Å². The van der Waals surface area contributed by atoms with Gasteiger partial charge in [-0.25, -0.2) is 4.79 Å². The van der Waals surface area contributed by atoms with Crippen molar-refractivity contribution in [3.05, 3.63) is 29.3 Å². The third kappa shape index (κ3) is 3.95.